The number of phenolic OH excluding ortho intramolecular Hbond substituents is 1. The molecule has 1 heterocycles. The standard InChI is InChI=1S/C26H38N10O7/c27-17(7-8-21(28)38)22(39)34-18(2-1-9-32-26(29)30)23(40)35-19(11-15-12-31-13-33-15)24(41)36-20(25(42)43)10-14-3-5-16(37)6-4-14/h3-6,12-13,17-20,37H,1-2,7-11,27H2,(H2,28,38)(H,31,33)(H,34,39)(H,35,40)(H,36,41)(H,42,43)(H4,29,30,32). The number of carbonyl (C=O) groups is 5. The predicted octanol–water partition coefficient (Wildman–Crippen LogP) is -2.91. The molecular weight excluding hydrogens is 564 g/mol. The summed E-state index contributed by atoms with van der Waals surface area (Å²) >= 11 is 0. The fourth-order valence-electron chi connectivity index (χ4n) is 3.92. The number of carboxylic acid groups (broad SMARTS) is 1. The Morgan fingerprint density at radius 3 is 2.09 bits per heavy atom. The first-order chi connectivity index (χ1) is 20.3. The van der Waals surface area contributed by atoms with Crippen LogP contribution in [0.3, 0.4) is 0 Å². The van der Waals surface area contributed by atoms with E-state index in [9.17, 15) is 34.2 Å². The summed E-state index contributed by atoms with van der Waals surface area (Å²) in [5, 5.41) is 26.8. The molecule has 2 aromatic rings. The molecule has 4 atom stereocenters. The van der Waals surface area contributed by atoms with Crippen molar-refractivity contribution in [2.24, 2.45) is 27.9 Å². The lowest BCUT2D eigenvalue weighted by atomic mass is 10.0. The van der Waals surface area contributed by atoms with Crippen molar-refractivity contribution in [3.63, 3.8) is 0 Å². The van der Waals surface area contributed by atoms with Crippen LogP contribution in [0.5, 0.6) is 5.75 Å². The third kappa shape index (κ3) is 12.5. The molecule has 0 saturated heterocycles. The molecule has 0 bridgehead atoms. The van der Waals surface area contributed by atoms with E-state index in [0.29, 0.717) is 11.3 Å². The Bertz CT molecular complexity index is 1260. The van der Waals surface area contributed by atoms with Gasteiger partial charge in [-0.15, -0.1) is 0 Å². The number of nitrogens with zero attached hydrogens (tertiary/aromatic N) is 2. The predicted molar refractivity (Wildman–Crippen MR) is 154 cm³/mol. The van der Waals surface area contributed by atoms with Crippen LogP contribution in [0, 0.1) is 0 Å². The number of rotatable bonds is 18. The smallest absolute Gasteiger partial charge is 0.326 e. The number of aromatic nitrogens is 2. The minimum Gasteiger partial charge on any atom is -0.508 e. The summed E-state index contributed by atoms with van der Waals surface area (Å²) in [5.41, 5.74) is 22.7. The molecule has 4 amide bonds. The van der Waals surface area contributed by atoms with Crippen molar-refractivity contribution in [1.29, 1.82) is 0 Å². The van der Waals surface area contributed by atoms with Crippen molar-refractivity contribution in [1.82, 2.24) is 25.9 Å². The highest BCUT2D eigenvalue weighted by Crippen LogP contribution is 2.12. The van der Waals surface area contributed by atoms with Crippen LogP contribution in [-0.2, 0) is 36.8 Å². The van der Waals surface area contributed by atoms with Crippen molar-refractivity contribution in [3.8, 4) is 5.75 Å². The maximum atomic E-state index is 13.4. The lowest BCUT2D eigenvalue weighted by Gasteiger charge is -2.25. The van der Waals surface area contributed by atoms with Gasteiger partial charge in [0.25, 0.3) is 0 Å². The van der Waals surface area contributed by atoms with E-state index in [1.165, 1.54) is 36.8 Å². The third-order valence-electron chi connectivity index (χ3n) is 6.22. The molecular formula is C26H38N10O7. The number of H-pyrrole nitrogens is 1. The van der Waals surface area contributed by atoms with E-state index in [-0.39, 0.29) is 56.8 Å². The number of nitrogens with one attached hydrogen (secondary N) is 4. The summed E-state index contributed by atoms with van der Waals surface area (Å²) < 4.78 is 0. The van der Waals surface area contributed by atoms with Gasteiger partial charge in [-0.2, -0.15) is 0 Å². The zero-order valence-corrected chi connectivity index (χ0v) is 23.4. The Balaban J connectivity index is 2.22. The molecule has 17 heteroatoms. The number of carboxylic acids is 1. The fourth-order valence-corrected chi connectivity index (χ4v) is 3.92. The average molecular weight is 603 g/mol. The Hall–Kier alpha value is -5.19. The SMILES string of the molecule is NC(=O)CCC(N)C(=O)NC(CCCN=C(N)N)C(=O)NC(Cc1cnc[nH]1)C(=O)NC(Cc1ccc(O)cc1)C(=O)O. The number of phenols is 1. The lowest BCUT2D eigenvalue weighted by molar-refractivity contribution is -0.142. The second kappa shape index (κ2) is 16.9. The molecule has 4 unspecified atom stereocenters. The van der Waals surface area contributed by atoms with Crippen molar-refractivity contribution in [2.45, 2.75) is 62.7 Å². The average Bonchev–Trinajstić information content (AvgIpc) is 3.46. The van der Waals surface area contributed by atoms with Gasteiger partial charge in [-0.3, -0.25) is 24.2 Å². The molecule has 0 aliphatic carbocycles. The molecule has 0 spiro atoms. The maximum absolute atomic E-state index is 13.4. The Labute approximate surface area is 246 Å². The van der Waals surface area contributed by atoms with Gasteiger partial charge in [0.05, 0.1) is 12.4 Å². The highest BCUT2D eigenvalue weighted by atomic mass is 16.4. The van der Waals surface area contributed by atoms with Crippen molar-refractivity contribution in [3.05, 3.63) is 48.0 Å². The van der Waals surface area contributed by atoms with Crippen LogP contribution in [0.2, 0.25) is 0 Å². The van der Waals surface area contributed by atoms with Crippen LogP contribution in [-0.4, -0.2) is 86.5 Å². The van der Waals surface area contributed by atoms with Gasteiger partial charge >= 0.3 is 5.97 Å². The summed E-state index contributed by atoms with van der Waals surface area (Å²) in [7, 11) is 0. The second-order valence-electron chi connectivity index (χ2n) is 9.73. The Morgan fingerprint density at radius 2 is 1.51 bits per heavy atom. The highest BCUT2D eigenvalue weighted by molar-refractivity contribution is 5.94. The van der Waals surface area contributed by atoms with Crippen LogP contribution < -0.4 is 38.9 Å². The number of amides is 4. The van der Waals surface area contributed by atoms with Gasteiger partial charge in [0.2, 0.25) is 23.6 Å². The molecule has 0 saturated carbocycles. The van der Waals surface area contributed by atoms with Crippen LogP contribution >= 0.6 is 0 Å². The van der Waals surface area contributed by atoms with E-state index in [0.717, 1.165) is 0 Å². The number of aromatic hydroxyl groups is 1. The minimum absolute atomic E-state index is 0.00392. The molecule has 1 aromatic heterocycles. The van der Waals surface area contributed by atoms with Gasteiger partial charge < -0.3 is 54.1 Å². The van der Waals surface area contributed by atoms with E-state index in [1.54, 1.807) is 0 Å². The van der Waals surface area contributed by atoms with Gasteiger partial charge in [0.1, 0.15) is 23.9 Å². The van der Waals surface area contributed by atoms with E-state index >= 15 is 0 Å². The van der Waals surface area contributed by atoms with E-state index in [1.807, 2.05) is 0 Å². The first kappa shape index (κ1) is 34.0. The van der Waals surface area contributed by atoms with Gasteiger partial charge in [-0.05, 0) is 37.0 Å². The monoisotopic (exact) mass is 602 g/mol. The zero-order valence-electron chi connectivity index (χ0n) is 23.4. The van der Waals surface area contributed by atoms with Gasteiger partial charge in [0.15, 0.2) is 5.96 Å². The normalized spacial score (nSPS) is 13.5. The van der Waals surface area contributed by atoms with E-state index in [4.69, 9.17) is 22.9 Å². The number of hydrogen-bond donors (Lipinski definition) is 10. The molecule has 0 radical (unpaired) electrons. The molecule has 0 fully saturated rings. The van der Waals surface area contributed by atoms with Crippen molar-refractivity contribution < 1.29 is 34.2 Å². The first-order valence-electron chi connectivity index (χ1n) is 13.3. The minimum atomic E-state index is -1.36. The summed E-state index contributed by atoms with van der Waals surface area (Å²) in [6.07, 6.45) is 2.74. The lowest BCUT2D eigenvalue weighted by Crippen LogP contribution is -2.58. The number of carbonyl (C=O) groups excluding carboxylic acids is 4. The summed E-state index contributed by atoms with van der Waals surface area (Å²) in [6, 6.07) is 0.839. The van der Waals surface area contributed by atoms with Gasteiger partial charge in [-0.25, -0.2) is 9.78 Å². The zero-order chi connectivity index (χ0) is 31.9. The number of primary amides is 1. The van der Waals surface area contributed by atoms with Crippen LogP contribution in [0.1, 0.15) is 36.9 Å². The van der Waals surface area contributed by atoms with Crippen LogP contribution in [0.25, 0.3) is 0 Å². The fraction of sp³-hybridized carbons (Fsp3) is 0.423. The number of benzene rings is 1. The summed E-state index contributed by atoms with van der Waals surface area (Å²) in [6.45, 7) is 0.144. The molecule has 0 aliphatic heterocycles. The van der Waals surface area contributed by atoms with Crippen LogP contribution in [0.15, 0.2) is 41.8 Å². The Morgan fingerprint density at radius 1 is 0.884 bits per heavy atom. The number of aliphatic carboxylic acids is 1. The second-order valence-corrected chi connectivity index (χ2v) is 9.73. The summed E-state index contributed by atoms with van der Waals surface area (Å²) in [4.78, 5) is 73.1. The molecule has 14 N–H and O–H groups in total. The van der Waals surface area contributed by atoms with E-state index < -0.39 is 53.8 Å². The third-order valence-corrected chi connectivity index (χ3v) is 6.22. The van der Waals surface area contributed by atoms with Crippen molar-refractivity contribution >= 4 is 35.6 Å². The summed E-state index contributed by atoms with van der Waals surface area (Å²) in [5.74, 6) is -4.41. The number of nitrogens with two attached hydrogens (primary N) is 4. The largest absolute Gasteiger partial charge is 0.508 e. The molecule has 0 aliphatic rings. The maximum Gasteiger partial charge on any atom is 0.326 e. The molecule has 17 nitrogen and oxygen atoms in total. The molecule has 2 rings (SSSR count). The number of aromatic amines is 1. The molecule has 1 aromatic carbocycles. The Kier molecular flexibility index (Phi) is 13.4. The first-order valence-corrected chi connectivity index (χ1v) is 13.3. The molecule has 234 valence electrons. The van der Waals surface area contributed by atoms with E-state index in [2.05, 4.69) is 30.9 Å². The highest BCUT2D eigenvalue weighted by Gasteiger charge is 2.31. The number of imidazole rings is 1. The number of aliphatic imine (C=N–C) groups is 1. The number of hydrogen-bond acceptors (Lipinski definition) is 9. The quantitative estimate of drug-likeness (QED) is 0.0468. The van der Waals surface area contributed by atoms with Crippen molar-refractivity contribution in [2.75, 3.05) is 6.54 Å². The van der Waals surface area contributed by atoms with Gasteiger partial charge in [-0.1, -0.05) is 12.1 Å². The topological polar surface area (TPSA) is 307 Å². The molecule has 43 heavy (non-hydrogen) atoms. The number of guanidine groups is 1. The van der Waals surface area contributed by atoms with Crippen LogP contribution in [0.4, 0.5) is 0 Å². The van der Waals surface area contributed by atoms with Gasteiger partial charge in [0, 0.05) is 37.7 Å².